The average Bonchev–Trinajstić information content (AvgIpc) is 2.76. The van der Waals surface area contributed by atoms with Crippen LogP contribution in [-0.4, -0.2) is 34.7 Å². The van der Waals surface area contributed by atoms with Crippen LogP contribution in [0.3, 0.4) is 0 Å². The summed E-state index contributed by atoms with van der Waals surface area (Å²) in [7, 11) is 0. The second-order valence-corrected chi connectivity index (χ2v) is 3.86. The summed E-state index contributed by atoms with van der Waals surface area (Å²) in [5.74, 6) is -0.123. The van der Waals surface area contributed by atoms with Gasteiger partial charge in [-0.05, 0) is 30.7 Å². The number of hydrogen-bond donors (Lipinski definition) is 2. The van der Waals surface area contributed by atoms with Crippen molar-refractivity contribution in [2.75, 3.05) is 6.54 Å². The van der Waals surface area contributed by atoms with Gasteiger partial charge < -0.3 is 14.9 Å². The van der Waals surface area contributed by atoms with E-state index < -0.39 is 5.97 Å². The van der Waals surface area contributed by atoms with Crippen molar-refractivity contribution >= 4 is 11.9 Å². The first-order chi connectivity index (χ1) is 8.15. The maximum Gasteiger partial charge on any atom is 0.303 e. The molecule has 2 N–H and O–H groups in total. The molecule has 1 aliphatic heterocycles. The number of carboxylic acids is 1. The number of benzene rings is 1. The molecule has 0 bridgehead atoms. The molecule has 0 fully saturated rings. The molecule has 1 heterocycles. The third-order valence-corrected chi connectivity index (χ3v) is 2.51. The van der Waals surface area contributed by atoms with E-state index in [4.69, 9.17) is 14.9 Å². The number of hydrogen-bond acceptors (Lipinski definition) is 4. The van der Waals surface area contributed by atoms with Crippen LogP contribution in [0.1, 0.15) is 18.4 Å². The van der Waals surface area contributed by atoms with Crippen LogP contribution in [0, 0.1) is 0 Å². The van der Waals surface area contributed by atoms with Gasteiger partial charge in [0.25, 0.3) is 0 Å². The lowest BCUT2D eigenvalue weighted by Gasteiger charge is -2.09. The summed E-state index contributed by atoms with van der Waals surface area (Å²) in [6, 6.07) is 6.55. The van der Waals surface area contributed by atoms with Crippen LogP contribution < -0.4 is 0 Å². The first kappa shape index (κ1) is 11.4. The number of aliphatic imine (C=N–C) groups is 1. The maximum atomic E-state index is 10.4. The Balaban J connectivity index is 1.93. The normalized spacial score (nSPS) is 18.6. The lowest BCUT2D eigenvalue weighted by molar-refractivity contribution is -0.137. The SMILES string of the molecule is O=C(O)CCC1CN=C(c2ccc(O)cc2)O1. The number of phenols is 1. The summed E-state index contributed by atoms with van der Waals surface area (Å²) in [5, 5.41) is 17.7. The quantitative estimate of drug-likeness (QED) is 0.826. The molecule has 1 aromatic carbocycles. The Bertz CT molecular complexity index is 438. The van der Waals surface area contributed by atoms with Crippen molar-refractivity contribution in [1.29, 1.82) is 0 Å². The molecule has 0 saturated carbocycles. The van der Waals surface area contributed by atoms with Gasteiger partial charge in [0.05, 0.1) is 6.54 Å². The van der Waals surface area contributed by atoms with E-state index in [9.17, 15) is 4.79 Å². The van der Waals surface area contributed by atoms with Crippen LogP contribution in [0.15, 0.2) is 29.3 Å². The first-order valence-electron chi connectivity index (χ1n) is 5.37. The molecule has 1 aliphatic rings. The van der Waals surface area contributed by atoms with Crippen LogP contribution in [0.5, 0.6) is 5.75 Å². The van der Waals surface area contributed by atoms with Crippen molar-refractivity contribution in [2.24, 2.45) is 4.99 Å². The van der Waals surface area contributed by atoms with Crippen LogP contribution in [0.25, 0.3) is 0 Å². The predicted octanol–water partition coefficient (Wildman–Crippen LogP) is 1.40. The molecule has 2 rings (SSSR count). The minimum atomic E-state index is -0.827. The molecule has 0 aliphatic carbocycles. The highest BCUT2D eigenvalue weighted by atomic mass is 16.5. The molecule has 5 nitrogen and oxygen atoms in total. The third kappa shape index (κ3) is 2.96. The second kappa shape index (κ2) is 4.86. The predicted molar refractivity (Wildman–Crippen MR) is 61.3 cm³/mol. The smallest absolute Gasteiger partial charge is 0.303 e. The molecule has 90 valence electrons. The summed E-state index contributed by atoms with van der Waals surface area (Å²) < 4.78 is 5.54. The Morgan fingerprint density at radius 3 is 2.76 bits per heavy atom. The summed E-state index contributed by atoms with van der Waals surface area (Å²) in [6.07, 6.45) is 0.388. The van der Waals surface area contributed by atoms with Gasteiger partial charge >= 0.3 is 5.97 Å². The summed E-state index contributed by atoms with van der Waals surface area (Å²) in [6.45, 7) is 0.490. The van der Waals surface area contributed by atoms with E-state index in [1.165, 1.54) is 0 Å². The molecule has 0 spiro atoms. The fraction of sp³-hybridized carbons (Fsp3) is 0.333. The van der Waals surface area contributed by atoms with E-state index >= 15 is 0 Å². The van der Waals surface area contributed by atoms with E-state index in [0.29, 0.717) is 18.9 Å². The number of nitrogens with zero attached hydrogens (tertiary/aromatic N) is 1. The van der Waals surface area contributed by atoms with Crippen molar-refractivity contribution in [3.8, 4) is 5.75 Å². The maximum absolute atomic E-state index is 10.4. The number of carboxylic acid groups (broad SMARTS) is 1. The Hall–Kier alpha value is -2.04. The molecule has 1 atom stereocenters. The summed E-state index contributed by atoms with van der Waals surface area (Å²) in [4.78, 5) is 14.6. The number of rotatable bonds is 4. The number of aromatic hydroxyl groups is 1. The summed E-state index contributed by atoms with van der Waals surface area (Å²) in [5.41, 5.74) is 0.792. The van der Waals surface area contributed by atoms with Gasteiger partial charge in [-0.1, -0.05) is 0 Å². The fourth-order valence-corrected chi connectivity index (χ4v) is 1.62. The number of ether oxygens (including phenoxy) is 1. The van der Waals surface area contributed by atoms with Gasteiger partial charge in [-0.2, -0.15) is 0 Å². The number of phenolic OH excluding ortho intramolecular Hbond substituents is 1. The van der Waals surface area contributed by atoms with Crippen LogP contribution in [0.4, 0.5) is 0 Å². The molecule has 0 amide bonds. The van der Waals surface area contributed by atoms with Crippen molar-refractivity contribution in [2.45, 2.75) is 18.9 Å². The van der Waals surface area contributed by atoms with Crippen LogP contribution in [-0.2, 0) is 9.53 Å². The molecule has 0 radical (unpaired) electrons. The highest BCUT2D eigenvalue weighted by Crippen LogP contribution is 2.17. The van der Waals surface area contributed by atoms with Gasteiger partial charge in [0.15, 0.2) is 0 Å². The molecule has 1 aromatic rings. The lowest BCUT2D eigenvalue weighted by Crippen LogP contribution is -2.15. The lowest BCUT2D eigenvalue weighted by atomic mass is 10.2. The van der Waals surface area contributed by atoms with E-state index in [1.54, 1.807) is 24.3 Å². The van der Waals surface area contributed by atoms with Crippen molar-refractivity contribution in [1.82, 2.24) is 0 Å². The van der Waals surface area contributed by atoms with E-state index in [1.807, 2.05) is 0 Å². The van der Waals surface area contributed by atoms with E-state index in [-0.39, 0.29) is 18.3 Å². The van der Waals surface area contributed by atoms with Crippen LogP contribution in [0.2, 0.25) is 0 Å². The first-order valence-corrected chi connectivity index (χ1v) is 5.37. The van der Waals surface area contributed by atoms with Gasteiger partial charge in [0, 0.05) is 12.0 Å². The Kier molecular flexibility index (Phi) is 3.27. The van der Waals surface area contributed by atoms with E-state index in [2.05, 4.69) is 4.99 Å². The Labute approximate surface area is 98.4 Å². The van der Waals surface area contributed by atoms with Gasteiger partial charge in [-0.15, -0.1) is 0 Å². The summed E-state index contributed by atoms with van der Waals surface area (Å²) >= 11 is 0. The molecule has 17 heavy (non-hydrogen) atoms. The van der Waals surface area contributed by atoms with Crippen molar-refractivity contribution in [3.63, 3.8) is 0 Å². The zero-order valence-electron chi connectivity index (χ0n) is 9.17. The topological polar surface area (TPSA) is 79.1 Å². The van der Waals surface area contributed by atoms with Crippen LogP contribution >= 0.6 is 0 Å². The molecule has 0 saturated heterocycles. The second-order valence-electron chi connectivity index (χ2n) is 3.86. The zero-order chi connectivity index (χ0) is 12.3. The van der Waals surface area contributed by atoms with Gasteiger partial charge in [-0.3, -0.25) is 4.79 Å². The van der Waals surface area contributed by atoms with E-state index in [0.717, 1.165) is 5.56 Å². The van der Waals surface area contributed by atoms with Crippen molar-refractivity contribution in [3.05, 3.63) is 29.8 Å². The molecular weight excluding hydrogens is 222 g/mol. The minimum absolute atomic E-state index is 0.0864. The van der Waals surface area contributed by atoms with Gasteiger partial charge in [0.1, 0.15) is 11.9 Å². The highest BCUT2D eigenvalue weighted by molar-refractivity contribution is 5.95. The largest absolute Gasteiger partial charge is 0.508 e. The molecule has 1 unspecified atom stereocenters. The van der Waals surface area contributed by atoms with Gasteiger partial charge in [-0.25, -0.2) is 4.99 Å². The molecule has 5 heteroatoms. The highest BCUT2D eigenvalue weighted by Gasteiger charge is 2.21. The van der Waals surface area contributed by atoms with Crippen molar-refractivity contribution < 1.29 is 19.7 Å². The monoisotopic (exact) mass is 235 g/mol. The Morgan fingerprint density at radius 1 is 1.41 bits per heavy atom. The van der Waals surface area contributed by atoms with Gasteiger partial charge in [0.2, 0.25) is 5.90 Å². The zero-order valence-corrected chi connectivity index (χ0v) is 9.17. The molecule has 0 aromatic heterocycles. The minimum Gasteiger partial charge on any atom is -0.508 e. The average molecular weight is 235 g/mol. The number of carbonyl (C=O) groups is 1. The number of aliphatic carboxylic acids is 1. The molecular formula is C12H13NO4. The Morgan fingerprint density at radius 2 is 2.12 bits per heavy atom. The fourth-order valence-electron chi connectivity index (χ4n) is 1.62. The standard InChI is InChI=1S/C12H13NO4/c14-9-3-1-8(2-4-9)12-13-7-10(17-12)5-6-11(15)16/h1-4,10,14H,5-7H2,(H,15,16). The third-order valence-electron chi connectivity index (χ3n) is 2.51.